The monoisotopic (exact) mass is 197 g/mol. The molecule has 4 heteroatoms. The van der Waals surface area contributed by atoms with E-state index in [0.29, 0.717) is 18.3 Å². The summed E-state index contributed by atoms with van der Waals surface area (Å²) in [6.07, 6.45) is 2.27. The first kappa shape index (κ1) is 11.0. The number of nitrogens with zero attached hydrogens (tertiary/aromatic N) is 2. The average molecular weight is 197 g/mol. The van der Waals surface area contributed by atoms with Crippen molar-refractivity contribution in [1.29, 1.82) is 0 Å². The zero-order valence-corrected chi connectivity index (χ0v) is 8.90. The predicted octanol–water partition coefficient (Wildman–Crippen LogP) is 1.36. The Hall–Kier alpha value is -1.03. The van der Waals surface area contributed by atoms with Crippen LogP contribution in [0.5, 0.6) is 0 Å². The summed E-state index contributed by atoms with van der Waals surface area (Å²) in [6, 6.07) is 1.90. The van der Waals surface area contributed by atoms with E-state index in [1.165, 1.54) is 0 Å². The topological polar surface area (TPSA) is 64.1 Å². The highest BCUT2D eigenvalue weighted by atomic mass is 16.3. The van der Waals surface area contributed by atoms with E-state index < -0.39 is 0 Å². The van der Waals surface area contributed by atoms with E-state index in [1.54, 1.807) is 4.68 Å². The Morgan fingerprint density at radius 2 is 2.36 bits per heavy atom. The summed E-state index contributed by atoms with van der Waals surface area (Å²) in [5, 5.41) is 13.1. The number of hydrogen-bond acceptors (Lipinski definition) is 3. The summed E-state index contributed by atoms with van der Waals surface area (Å²) < 4.78 is 1.65. The van der Waals surface area contributed by atoms with Gasteiger partial charge in [0, 0.05) is 12.0 Å². The van der Waals surface area contributed by atoms with Crippen molar-refractivity contribution >= 4 is 5.82 Å². The van der Waals surface area contributed by atoms with Gasteiger partial charge in [-0.25, -0.2) is 4.68 Å². The van der Waals surface area contributed by atoms with Crippen LogP contribution in [-0.2, 0) is 6.54 Å². The van der Waals surface area contributed by atoms with Gasteiger partial charge in [0.2, 0.25) is 0 Å². The van der Waals surface area contributed by atoms with Gasteiger partial charge in [0.25, 0.3) is 0 Å². The van der Waals surface area contributed by atoms with Crippen LogP contribution in [0.2, 0.25) is 0 Å². The Labute approximate surface area is 84.7 Å². The summed E-state index contributed by atoms with van der Waals surface area (Å²) in [7, 11) is 0. The van der Waals surface area contributed by atoms with E-state index in [1.807, 2.05) is 6.07 Å². The van der Waals surface area contributed by atoms with Crippen molar-refractivity contribution in [3.05, 3.63) is 11.8 Å². The first-order valence-corrected chi connectivity index (χ1v) is 5.13. The minimum Gasteiger partial charge on any atom is -0.394 e. The van der Waals surface area contributed by atoms with E-state index >= 15 is 0 Å². The van der Waals surface area contributed by atoms with E-state index in [-0.39, 0.29) is 6.61 Å². The van der Waals surface area contributed by atoms with Gasteiger partial charge in [0.1, 0.15) is 5.82 Å². The number of aliphatic hydroxyl groups excluding tert-OH is 1. The predicted molar refractivity (Wildman–Crippen MR) is 57.0 cm³/mol. The minimum absolute atomic E-state index is 0.0769. The van der Waals surface area contributed by atoms with Gasteiger partial charge >= 0.3 is 0 Å². The molecule has 0 saturated heterocycles. The van der Waals surface area contributed by atoms with E-state index in [9.17, 15) is 0 Å². The Bertz CT molecular complexity index is 283. The fourth-order valence-electron chi connectivity index (χ4n) is 1.55. The van der Waals surface area contributed by atoms with Gasteiger partial charge in [0.05, 0.1) is 18.8 Å². The SMILES string of the molecule is CCCC(C)c1cc(N)n(CCO)n1. The highest BCUT2D eigenvalue weighted by molar-refractivity contribution is 5.32. The second kappa shape index (κ2) is 5.00. The lowest BCUT2D eigenvalue weighted by molar-refractivity contribution is 0.270. The van der Waals surface area contributed by atoms with Crippen LogP contribution in [0.25, 0.3) is 0 Å². The maximum Gasteiger partial charge on any atom is 0.122 e. The lowest BCUT2D eigenvalue weighted by Gasteiger charge is -2.05. The molecule has 14 heavy (non-hydrogen) atoms. The molecule has 0 aromatic carbocycles. The molecule has 80 valence electrons. The summed E-state index contributed by atoms with van der Waals surface area (Å²) in [5.41, 5.74) is 6.78. The molecule has 0 fully saturated rings. The number of hydrogen-bond donors (Lipinski definition) is 2. The van der Waals surface area contributed by atoms with Crippen LogP contribution in [0, 0.1) is 0 Å². The number of rotatable bonds is 5. The average Bonchev–Trinajstić information content (AvgIpc) is 2.49. The summed E-state index contributed by atoms with van der Waals surface area (Å²) >= 11 is 0. The molecule has 1 unspecified atom stereocenters. The minimum atomic E-state index is 0.0769. The molecule has 0 spiro atoms. The second-order valence-electron chi connectivity index (χ2n) is 3.63. The van der Waals surface area contributed by atoms with E-state index in [0.717, 1.165) is 18.5 Å². The zero-order chi connectivity index (χ0) is 10.6. The zero-order valence-electron chi connectivity index (χ0n) is 8.90. The molecule has 1 rings (SSSR count). The third-order valence-electron chi connectivity index (χ3n) is 2.37. The van der Waals surface area contributed by atoms with Gasteiger partial charge in [-0.1, -0.05) is 20.3 Å². The maximum absolute atomic E-state index is 8.78. The molecule has 1 aromatic rings. The number of anilines is 1. The van der Waals surface area contributed by atoms with Gasteiger partial charge in [-0.3, -0.25) is 0 Å². The van der Waals surface area contributed by atoms with Crippen molar-refractivity contribution in [3.63, 3.8) is 0 Å². The van der Waals surface area contributed by atoms with Gasteiger partial charge in [-0.15, -0.1) is 0 Å². The molecule has 0 aliphatic rings. The van der Waals surface area contributed by atoms with Crippen LogP contribution >= 0.6 is 0 Å². The summed E-state index contributed by atoms with van der Waals surface area (Å²) in [5.74, 6) is 1.08. The smallest absolute Gasteiger partial charge is 0.122 e. The van der Waals surface area contributed by atoms with Gasteiger partial charge in [-0.2, -0.15) is 5.10 Å². The molecule has 1 aromatic heterocycles. The molecule has 1 heterocycles. The second-order valence-corrected chi connectivity index (χ2v) is 3.63. The Kier molecular flexibility index (Phi) is 3.95. The first-order valence-electron chi connectivity index (χ1n) is 5.13. The van der Waals surface area contributed by atoms with Crippen LogP contribution in [0.1, 0.15) is 38.3 Å². The highest BCUT2D eigenvalue weighted by Crippen LogP contribution is 2.20. The standard InChI is InChI=1S/C10H19N3O/c1-3-4-8(2)9-7-10(11)13(12-9)5-6-14/h7-8,14H,3-6,11H2,1-2H3. The Balaban J connectivity index is 2.74. The van der Waals surface area contributed by atoms with Crippen LogP contribution < -0.4 is 5.73 Å². The van der Waals surface area contributed by atoms with Crippen LogP contribution in [-0.4, -0.2) is 21.5 Å². The lowest BCUT2D eigenvalue weighted by Crippen LogP contribution is -2.08. The molecule has 3 N–H and O–H groups in total. The van der Waals surface area contributed by atoms with Gasteiger partial charge in [-0.05, 0) is 6.42 Å². The fourth-order valence-corrected chi connectivity index (χ4v) is 1.55. The Morgan fingerprint density at radius 1 is 1.64 bits per heavy atom. The normalized spacial score (nSPS) is 13.1. The molecule has 0 aliphatic carbocycles. The number of aliphatic hydroxyl groups is 1. The van der Waals surface area contributed by atoms with Crippen LogP contribution in [0.15, 0.2) is 6.07 Å². The summed E-state index contributed by atoms with van der Waals surface area (Å²) in [6.45, 7) is 4.86. The lowest BCUT2D eigenvalue weighted by atomic mass is 10.0. The summed E-state index contributed by atoms with van der Waals surface area (Å²) in [4.78, 5) is 0. The van der Waals surface area contributed by atoms with Crippen molar-refractivity contribution < 1.29 is 5.11 Å². The van der Waals surface area contributed by atoms with Crippen molar-refractivity contribution in [2.75, 3.05) is 12.3 Å². The first-order chi connectivity index (χ1) is 6.69. The van der Waals surface area contributed by atoms with Gasteiger partial charge < -0.3 is 10.8 Å². The maximum atomic E-state index is 8.78. The van der Waals surface area contributed by atoms with Crippen molar-refractivity contribution in [3.8, 4) is 0 Å². The van der Waals surface area contributed by atoms with Crippen LogP contribution in [0.4, 0.5) is 5.82 Å². The molecule has 0 amide bonds. The largest absolute Gasteiger partial charge is 0.394 e. The number of nitrogens with two attached hydrogens (primary N) is 1. The number of nitrogen functional groups attached to an aromatic ring is 1. The van der Waals surface area contributed by atoms with Gasteiger partial charge in [0.15, 0.2) is 0 Å². The highest BCUT2D eigenvalue weighted by Gasteiger charge is 2.10. The van der Waals surface area contributed by atoms with Crippen molar-refractivity contribution in [1.82, 2.24) is 9.78 Å². The molecule has 0 aliphatic heterocycles. The molecule has 0 saturated carbocycles. The number of aromatic nitrogens is 2. The van der Waals surface area contributed by atoms with Crippen molar-refractivity contribution in [2.45, 2.75) is 39.2 Å². The van der Waals surface area contributed by atoms with Crippen molar-refractivity contribution in [2.24, 2.45) is 0 Å². The molecule has 0 radical (unpaired) electrons. The van der Waals surface area contributed by atoms with E-state index in [4.69, 9.17) is 10.8 Å². The molecule has 4 nitrogen and oxygen atoms in total. The van der Waals surface area contributed by atoms with Crippen LogP contribution in [0.3, 0.4) is 0 Å². The quantitative estimate of drug-likeness (QED) is 0.749. The third kappa shape index (κ3) is 2.48. The Morgan fingerprint density at radius 3 is 2.93 bits per heavy atom. The molecule has 0 bridgehead atoms. The molecular weight excluding hydrogens is 178 g/mol. The fraction of sp³-hybridized carbons (Fsp3) is 0.700. The molecular formula is C10H19N3O. The molecule has 1 atom stereocenters. The third-order valence-corrected chi connectivity index (χ3v) is 2.37. The van der Waals surface area contributed by atoms with E-state index in [2.05, 4.69) is 18.9 Å².